The molecule has 1 saturated heterocycles. The van der Waals surface area contributed by atoms with E-state index in [1.165, 1.54) is 12.1 Å². The Balaban J connectivity index is 0.00000192. The first kappa shape index (κ1) is 18.1. The Morgan fingerprint density at radius 3 is 2.48 bits per heavy atom. The molecule has 1 amide bonds. The molecule has 2 fully saturated rings. The van der Waals surface area contributed by atoms with Crippen molar-refractivity contribution in [2.45, 2.75) is 44.7 Å². The summed E-state index contributed by atoms with van der Waals surface area (Å²) in [6.45, 7) is 2.18. The molecule has 0 aromatic heterocycles. The molecule has 1 N–H and O–H groups in total. The van der Waals surface area contributed by atoms with Crippen molar-refractivity contribution in [1.82, 2.24) is 10.2 Å². The smallest absolute Gasteiger partial charge is 0.223 e. The van der Waals surface area contributed by atoms with E-state index in [0.29, 0.717) is 17.9 Å². The van der Waals surface area contributed by atoms with Gasteiger partial charge in [-0.1, -0.05) is 6.07 Å². The fraction of sp³-hybridized carbons (Fsp3) is 0.588. The summed E-state index contributed by atoms with van der Waals surface area (Å²) in [5.41, 5.74) is 0.395. The molecule has 0 spiro atoms. The second-order valence-electron chi connectivity index (χ2n) is 6.39. The molecule has 3 nitrogen and oxygen atoms in total. The summed E-state index contributed by atoms with van der Waals surface area (Å²) < 4.78 is 26.8. The van der Waals surface area contributed by atoms with Crippen LogP contribution in [0.5, 0.6) is 0 Å². The van der Waals surface area contributed by atoms with Gasteiger partial charge in [-0.05, 0) is 50.8 Å². The van der Waals surface area contributed by atoms with Gasteiger partial charge < -0.3 is 10.2 Å². The molecule has 1 aliphatic heterocycles. The lowest BCUT2D eigenvalue weighted by atomic mass is 9.94. The Bertz CT molecular complexity index is 545. The number of hydrogen-bond donors (Lipinski definition) is 1. The number of nitrogens with zero attached hydrogens (tertiary/aromatic N) is 1. The molecule has 0 atom stereocenters. The van der Waals surface area contributed by atoms with Crippen molar-refractivity contribution in [3.05, 3.63) is 35.4 Å². The van der Waals surface area contributed by atoms with E-state index in [9.17, 15) is 13.6 Å². The summed E-state index contributed by atoms with van der Waals surface area (Å²) in [4.78, 5) is 14.4. The highest BCUT2D eigenvalue weighted by atomic mass is 35.5. The number of rotatable bonds is 5. The van der Waals surface area contributed by atoms with Gasteiger partial charge in [0.1, 0.15) is 11.6 Å². The summed E-state index contributed by atoms with van der Waals surface area (Å²) >= 11 is 0. The highest BCUT2D eigenvalue weighted by Gasteiger charge is 2.34. The second kappa shape index (κ2) is 8.06. The van der Waals surface area contributed by atoms with Gasteiger partial charge in [-0.2, -0.15) is 0 Å². The van der Waals surface area contributed by atoms with Crippen molar-refractivity contribution >= 4 is 18.3 Å². The molecule has 128 valence electrons. The second-order valence-corrected chi connectivity index (χ2v) is 6.39. The van der Waals surface area contributed by atoms with Gasteiger partial charge in [-0.25, -0.2) is 8.78 Å². The molecular weight excluding hydrogens is 322 g/mol. The van der Waals surface area contributed by atoms with Crippen LogP contribution in [0.15, 0.2) is 18.2 Å². The summed E-state index contributed by atoms with van der Waals surface area (Å²) in [6, 6.07) is 3.81. The fourth-order valence-corrected chi connectivity index (χ4v) is 3.09. The van der Waals surface area contributed by atoms with Crippen molar-refractivity contribution in [2.75, 3.05) is 13.1 Å². The van der Waals surface area contributed by atoms with Gasteiger partial charge in [0.25, 0.3) is 0 Å². The van der Waals surface area contributed by atoms with Crippen LogP contribution in [0.3, 0.4) is 0 Å². The van der Waals surface area contributed by atoms with Crippen LogP contribution in [0, 0.1) is 17.6 Å². The molecule has 1 saturated carbocycles. The molecule has 1 aromatic rings. The molecule has 1 heterocycles. The van der Waals surface area contributed by atoms with Crippen LogP contribution < -0.4 is 5.32 Å². The first-order valence-electron chi connectivity index (χ1n) is 8.07. The van der Waals surface area contributed by atoms with Gasteiger partial charge in [0.15, 0.2) is 0 Å². The number of carbonyl (C=O) groups excluding carboxylic acids is 1. The average Bonchev–Trinajstić information content (AvgIpc) is 3.32. The molecular formula is C17H23ClF2N2O. The van der Waals surface area contributed by atoms with Gasteiger partial charge >= 0.3 is 0 Å². The van der Waals surface area contributed by atoms with Crippen LogP contribution in [0.25, 0.3) is 0 Å². The van der Waals surface area contributed by atoms with E-state index in [-0.39, 0.29) is 30.9 Å². The van der Waals surface area contributed by atoms with Crippen LogP contribution in [-0.4, -0.2) is 29.9 Å². The third kappa shape index (κ3) is 4.88. The molecule has 1 aliphatic carbocycles. The molecule has 3 rings (SSSR count). The first-order valence-corrected chi connectivity index (χ1v) is 8.07. The first-order chi connectivity index (χ1) is 10.6. The van der Waals surface area contributed by atoms with Gasteiger partial charge in [0.2, 0.25) is 5.91 Å². The number of piperidine rings is 1. The lowest BCUT2D eigenvalue weighted by Crippen LogP contribution is -2.36. The highest BCUT2D eigenvalue weighted by molar-refractivity contribution is 5.85. The monoisotopic (exact) mass is 344 g/mol. The third-order valence-electron chi connectivity index (χ3n) is 4.59. The van der Waals surface area contributed by atoms with Gasteiger partial charge in [0.05, 0.1) is 0 Å². The minimum atomic E-state index is -0.583. The van der Waals surface area contributed by atoms with Crippen LogP contribution in [-0.2, 0) is 11.3 Å². The topological polar surface area (TPSA) is 32.3 Å². The molecule has 0 radical (unpaired) electrons. The average molecular weight is 345 g/mol. The molecule has 2 aliphatic rings. The molecule has 0 bridgehead atoms. The quantitative estimate of drug-likeness (QED) is 0.889. The summed E-state index contributed by atoms with van der Waals surface area (Å²) in [5.74, 6) is -0.619. The number of nitrogens with one attached hydrogen (secondary N) is 1. The van der Waals surface area contributed by atoms with Crippen LogP contribution in [0.1, 0.15) is 37.7 Å². The molecule has 0 unspecified atom stereocenters. The maximum Gasteiger partial charge on any atom is 0.223 e. The fourth-order valence-electron chi connectivity index (χ4n) is 3.09. The van der Waals surface area contributed by atoms with E-state index in [4.69, 9.17) is 0 Å². The predicted molar refractivity (Wildman–Crippen MR) is 87.4 cm³/mol. The Morgan fingerprint density at radius 2 is 1.87 bits per heavy atom. The SMILES string of the molecule is Cl.O=C(CC1CCNCC1)N(Cc1ccc(F)cc1F)C1CC1. The Morgan fingerprint density at radius 1 is 1.17 bits per heavy atom. The van der Waals surface area contributed by atoms with Gasteiger partial charge in [-0.3, -0.25) is 4.79 Å². The summed E-state index contributed by atoms with van der Waals surface area (Å²) in [6.07, 6.45) is 4.56. The zero-order valence-corrected chi connectivity index (χ0v) is 13.9. The Hall–Kier alpha value is -1.20. The van der Waals surface area contributed by atoms with Crippen LogP contribution >= 0.6 is 12.4 Å². The minimum absolute atomic E-state index is 0. The molecule has 6 heteroatoms. The lowest BCUT2D eigenvalue weighted by molar-refractivity contribution is -0.133. The maximum atomic E-state index is 13.8. The zero-order chi connectivity index (χ0) is 15.5. The normalized spacial score (nSPS) is 18.3. The van der Waals surface area contributed by atoms with Crippen LogP contribution in [0.2, 0.25) is 0 Å². The van der Waals surface area contributed by atoms with Gasteiger partial charge in [0, 0.05) is 30.6 Å². The molecule has 23 heavy (non-hydrogen) atoms. The number of halogens is 3. The lowest BCUT2D eigenvalue weighted by Gasteiger charge is -2.27. The third-order valence-corrected chi connectivity index (χ3v) is 4.59. The van der Waals surface area contributed by atoms with Crippen molar-refractivity contribution in [1.29, 1.82) is 0 Å². The molecule has 1 aromatic carbocycles. The van der Waals surface area contributed by atoms with E-state index >= 15 is 0 Å². The summed E-state index contributed by atoms with van der Waals surface area (Å²) in [7, 11) is 0. The zero-order valence-electron chi connectivity index (χ0n) is 13.1. The largest absolute Gasteiger partial charge is 0.335 e. The van der Waals surface area contributed by atoms with E-state index in [2.05, 4.69) is 5.32 Å². The van der Waals surface area contributed by atoms with E-state index < -0.39 is 11.6 Å². The van der Waals surface area contributed by atoms with E-state index in [1.54, 1.807) is 4.90 Å². The number of benzene rings is 1. The standard InChI is InChI=1S/C17H22F2N2O.ClH/c18-14-2-1-13(16(19)10-14)11-21(15-3-4-15)17(22)9-12-5-7-20-8-6-12;/h1-2,10,12,15,20H,3-9,11H2;1H. The van der Waals surface area contributed by atoms with E-state index in [0.717, 1.165) is 44.8 Å². The Kier molecular flexibility index (Phi) is 6.36. The van der Waals surface area contributed by atoms with Crippen molar-refractivity contribution in [2.24, 2.45) is 5.92 Å². The number of amides is 1. The van der Waals surface area contributed by atoms with Crippen LogP contribution in [0.4, 0.5) is 8.78 Å². The maximum absolute atomic E-state index is 13.8. The minimum Gasteiger partial charge on any atom is -0.335 e. The van der Waals surface area contributed by atoms with Crippen molar-refractivity contribution in [3.8, 4) is 0 Å². The highest BCUT2D eigenvalue weighted by Crippen LogP contribution is 2.31. The van der Waals surface area contributed by atoms with Crippen molar-refractivity contribution in [3.63, 3.8) is 0 Å². The van der Waals surface area contributed by atoms with Crippen molar-refractivity contribution < 1.29 is 13.6 Å². The van der Waals surface area contributed by atoms with E-state index in [1.807, 2.05) is 0 Å². The Labute approximate surface area is 141 Å². The number of carbonyl (C=O) groups is 1. The summed E-state index contributed by atoms with van der Waals surface area (Å²) in [5, 5.41) is 3.29. The predicted octanol–water partition coefficient (Wildman–Crippen LogP) is 3.27. The van der Waals surface area contributed by atoms with Gasteiger partial charge in [-0.15, -0.1) is 12.4 Å². The number of hydrogen-bond acceptors (Lipinski definition) is 2.